The van der Waals surface area contributed by atoms with Gasteiger partial charge in [0.15, 0.2) is 0 Å². The van der Waals surface area contributed by atoms with Crippen LogP contribution in [0.15, 0.2) is 340 Å². The molecule has 24 nitrogen and oxygen atoms in total. The van der Waals surface area contributed by atoms with Crippen molar-refractivity contribution in [1.82, 2.24) is 91.1 Å². The standard InChI is InChI=1S/2C17H13N4.4C16H11N4.2C8H11P.4CH3.3Os/c1-11-6-4-5-7-13(11)14-10-19-15(8-12(14)2)16-9-17(18-3)21-20-16;1-11-5-3-4-6-14(11)15-10-19-16(7-12(15)2)17-8-13(9-18)20-21-17;2*1-11-8-13(12-6-4-3-5-7-12)10-18-16(11)14-9-15(17-2)20-19-14;2*1-11-7-13(12-5-3-2-4-6-12)10-18-16(11)15-8-14(9-17)19-20-15;2*1-9(2)8-6-4-3-5-7-8;;;;;;;/h4-10H,1-2H3;3-8,10H,1-2H3;2*3-10H,1H3;2*2-8,10H,1H3;2*3-7H,1-2H3;4*1H3;;;/q6*-1;;;4*-1;+2;2*+4/i;;;;;;2*1D3,2D3;;;;;;;. The first-order valence-electron chi connectivity index (χ1n) is 49.2. The molecule has 20 aromatic rings. The van der Waals surface area contributed by atoms with Crippen LogP contribution in [0.5, 0.6) is 0 Å². The van der Waals surface area contributed by atoms with Gasteiger partial charge < -0.3 is 90.1 Å². The summed E-state index contributed by atoms with van der Waals surface area (Å²) in [5, 5.41) is 73.8. The van der Waals surface area contributed by atoms with Gasteiger partial charge in [0.2, 0.25) is 0 Å². The molecule has 0 aliphatic rings. The summed E-state index contributed by atoms with van der Waals surface area (Å²) in [7, 11) is -4.28. The first kappa shape index (κ1) is 101. The van der Waals surface area contributed by atoms with Crippen molar-refractivity contribution >= 4 is 43.9 Å². The van der Waals surface area contributed by atoms with Crippen molar-refractivity contribution in [2.24, 2.45) is 0 Å². The predicted octanol–water partition coefficient (Wildman–Crippen LogP) is 26.2. The van der Waals surface area contributed by atoms with Crippen LogP contribution in [0.3, 0.4) is 0 Å². The van der Waals surface area contributed by atoms with Crippen molar-refractivity contribution in [2.45, 2.75) is 55.4 Å². The van der Waals surface area contributed by atoms with Crippen molar-refractivity contribution in [3.8, 4) is 153 Å². The van der Waals surface area contributed by atoms with E-state index in [0.717, 1.165) is 123 Å². The molecule has 0 fully saturated rings. The number of hydrogen-bond acceptors (Lipinski definition) is 15. The minimum Gasteiger partial charge on any atom is -0.573 e. The molecule has 0 N–H and O–H groups in total. The zero-order valence-corrected chi connectivity index (χ0v) is 91.4. The second kappa shape index (κ2) is 59.6. The molecule has 29 heteroatoms. The van der Waals surface area contributed by atoms with Gasteiger partial charge in [0, 0.05) is 98.4 Å². The van der Waals surface area contributed by atoms with E-state index < -0.39 is 42.2 Å². The van der Waals surface area contributed by atoms with Crippen LogP contribution in [0.25, 0.3) is 150 Å². The second-order valence-electron chi connectivity index (χ2n) is 31.0. The molecule has 0 radical (unpaired) electrons. The molecule has 0 bridgehead atoms. The number of aryl methyl sites for hydroxylation is 8. The summed E-state index contributed by atoms with van der Waals surface area (Å²) in [5.41, 5.74) is 31.4. The van der Waals surface area contributed by atoms with Gasteiger partial charge in [-0.25, -0.2) is 15.3 Å². The minimum absolute atomic E-state index is 0. The van der Waals surface area contributed by atoms with Gasteiger partial charge >= 0.3 is 59.4 Å². The SMILES string of the molecule is Cc1cc(-c2ccccc2)cnc1-c1cc(C#N)n[n-]1.Cc1cc(-c2ccccc2)cnc1-c1cc(C#N)n[n-]1.Cc1ccccc1-c1cnc(-c2cc(C#N)n[n-]2)cc1C.[2H]C([2H])([2H])P(c1ccccc1)C([2H])([2H])[2H].[2H]C([2H])([2H])P(c1ccccc1)C([2H])([2H])[2H].[C-]#[N+]c1cc(-c2cc(C)c(-c3ccccc3C)cn2)[n-]n1.[C-]#[N+]c1cc(-c2ncc(-c3ccccc3)cc2C)[n-]n1.[C-]#[N+]c1cc(-c2ncc(-c3ccccc3)cc2C)[n-]n1.[CH3-].[CH3-].[CH3-].[CH3-].[Os+2].[Os+4].[Os+4]. The van der Waals surface area contributed by atoms with E-state index >= 15 is 0 Å². The van der Waals surface area contributed by atoms with Gasteiger partial charge in [-0.05, 0) is 243 Å². The fourth-order valence-corrected chi connectivity index (χ4v) is 15.1. The topological polar surface area (TPSA) is 324 Å². The zero-order chi connectivity index (χ0) is 109. The number of nitrogens with zero attached hydrogens (tertiary/aromatic N) is 24. The molecule has 12 heterocycles. The molecule has 730 valence electrons. The Morgan fingerprint density at radius 3 is 0.748 bits per heavy atom. The Hall–Kier alpha value is -16.4. The van der Waals surface area contributed by atoms with Crippen LogP contribution in [-0.2, 0) is 59.4 Å². The van der Waals surface area contributed by atoms with Gasteiger partial charge in [-0.3, -0.25) is 29.9 Å². The normalized spacial score (nSPS) is 11.3. The number of pyridine rings is 6. The average molecular weight is 2500 g/mol. The number of rotatable bonds is 14. The van der Waals surface area contributed by atoms with Crippen LogP contribution < -0.4 is 41.2 Å². The first-order valence-corrected chi connectivity index (χ1v) is 45.8. The van der Waals surface area contributed by atoms with Gasteiger partial charge in [0.05, 0.1) is 22.8 Å². The first-order chi connectivity index (χ1) is 72.9. The molecule has 0 aliphatic heterocycles. The summed E-state index contributed by atoms with van der Waals surface area (Å²) in [4.78, 5) is 36.6. The van der Waals surface area contributed by atoms with Gasteiger partial charge in [0.25, 0.3) is 17.5 Å². The summed E-state index contributed by atoms with van der Waals surface area (Å²) in [6.45, 7) is 27.2. The number of nitriles is 3. The summed E-state index contributed by atoms with van der Waals surface area (Å²) in [6.07, 6.45) is 11.0. The van der Waals surface area contributed by atoms with Crippen molar-refractivity contribution in [3.63, 3.8) is 0 Å². The molecule has 0 spiro atoms. The molecule has 147 heavy (non-hydrogen) atoms. The van der Waals surface area contributed by atoms with E-state index in [9.17, 15) is 0 Å². The molecular formula is C118H104N24Os3P2. The van der Waals surface area contributed by atoms with Crippen molar-refractivity contribution in [3.05, 3.63) is 466 Å². The zero-order valence-electron chi connectivity index (χ0n) is 94.0. The van der Waals surface area contributed by atoms with Crippen molar-refractivity contribution in [1.29, 1.82) is 15.8 Å². The van der Waals surface area contributed by atoms with Gasteiger partial charge in [-0.15, -0.1) is 0 Å². The minimum atomic E-state index is -2.44. The molecule has 0 saturated heterocycles. The van der Waals surface area contributed by atoms with E-state index in [1.54, 1.807) is 97.1 Å². The summed E-state index contributed by atoms with van der Waals surface area (Å²) < 4.78 is 87.4. The predicted molar refractivity (Wildman–Crippen MR) is 584 cm³/mol. The summed E-state index contributed by atoms with van der Waals surface area (Å²) in [5.74, 6) is 0.897. The third-order valence-electron chi connectivity index (χ3n) is 21.2. The Balaban J connectivity index is 0.000000275. The quantitative estimate of drug-likeness (QED) is 0.0721. The van der Waals surface area contributed by atoms with E-state index in [4.69, 9.17) is 52.0 Å². The van der Waals surface area contributed by atoms with Crippen LogP contribution in [0, 0.1) is 139 Å². The fourth-order valence-electron chi connectivity index (χ4n) is 14.2. The second-order valence-corrected chi connectivity index (χ2v) is 33.4. The molecule has 0 unspecified atom stereocenters. The smallest absolute Gasteiger partial charge is 0.573 e. The van der Waals surface area contributed by atoms with Gasteiger partial charge in [0.1, 0.15) is 35.3 Å². The van der Waals surface area contributed by atoms with Gasteiger partial charge in [-0.1, -0.05) is 300 Å². The maximum absolute atomic E-state index is 8.80. The number of hydrogen-bond donors (Lipinski definition) is 0. The molecule has 8 aromatic carbocycles. The van der Waals surface area contributed by atoms with Crippen LogP contribution in [0.1, 0.15) is 78.0 Å². The Morgan fingerprint density at radius 1 is 0.259 bits per heavy atom. The van der Waals surface area contributed by atoms with Crippen LogP contribution in [-0.4, -0.2) is 86.9 Å². The summed E-state index contributed by atoms with van der Waals surface area (Å²) in [6, 6.07) is 101. The van der Waals surface area contributed by atoms with Crippen molar-refractivity contribution < 1.29 is 75.8 Å². The van der Waals surface area contributed by atoms with E-state index in [1.807, 2.05) is 217 Å². The van der Waals surface area contributed by atoms with Gasteiger partial charge in [-0.2, -0.15) is 15.8 Å². The molecule has 20 rings (SSSR count). The van der Waals surface area contributed by atoms with E-state index in [0.29, 0.717) is 79.3 Å². The third-order valence-corrected chi connectivity index (χ3v) is 22.9. The third kappa shape index (κ3) is 32.8. The largest absolute Gasteiger partial charge is 4.00 e. The maximum atomic E-state index is 8.80. The molecule has 12 aromatic heterocycles. The van der Waals surface area contributed by atoms with Crippen LogP contribution >= 0.6 is 15.8 Å². The average Bonchev–Trinajstić information content (AvgIpc) is 1.80. The molecule has 0 amide bonds. The van der Waals surface area contributed by atoms with E-state index in [1.165, 1.54) is 22.3 Å². The molecule has 0 aliphatic carbocycles. The van der Waals surface area contributed by atoms with E-state index in [-0.39, 0.29) is 89.1 Å². The van der Waals surface area contributed by atoms with E-state index in [2.05, 4.69) is 206 Å². The maximum Gasteiger partial charge on any atom is 4.00 e. The Bertz CT molecular complexity index is 7570. The molecule has 0 atom stereocenters. The molecule has 0 saturated carbocycles. The number of benzene rings is 8. The molecular weight excluding hydrogens is 2390 g/mol. The Kier molecular flexibility index (Phi) is 40.9. The monoisotopic (exact) mass is 2510 g/mol. The Morgan fingerprint density at radius 2 is 0.497 bits per heavy atom. The van der Waals surface area contributed by atoms with Crippen molar-refractivity contribution in [2.75, 3.05) is 26.4 Å². The fraction of sp³-hybridized carbons (Fsp3) is 0.102. The number of aromatic nitrogens is 18. The van der Waals surface area contributed by atoms with Crippen LogP contribution in [0.4, 0.5) is 17.5 Å². The van der Waals surface area contributed by atoms with Crippen LogP contribution in [0.2, 0.25) is 0 Å². The summed E-state index contributed by atoms with van der Waals surface area (Å²) >= 11 is 0. The Labute approximate surface area is 921 Å².